The van der Waals surface area contributed by atoms with Crippen molar-refractivity contribution >= 4 is 14.8 Å². The Morgan fingerprint density at radius 3 is 2.47 bits per heavy atom. The molecule has 0 unspecified atom stereocenters. The van der Waals surface area contributed by atoms with Gasteiger partial charge in [0.15, 0.2) is 0 Å². The Morgan fingerprint density at radius 2 is 2.00 bits per heavy atom. The molecule has 8 nitrogen and oxygen atoms in total. The van der Waals surface area contributed by atoms with Gasteiger partial charge in [0, 0.05) is 33.9 Å². The summed E-state index contributed by atoms with van der Waals surface area (Å²) >= 11 is 0. The van der Waals surface area contributed by atoms with E-state index in [1.54, 1.807) is 28.3 Å². The van der Waals surface area contributed by atoms with Crippen LogP contribution in [0.3, 0.4) is 0 Å². The third kappa shape index (κ3) is 4.09. The number of rotatable bonds is 7. The molecule has 9 heteroatoms. The maximum Gasteiger partial charge on any atom is 0.500 e. The van der Waals surface area contributed by atoms with Crippen LogP contribution in [0.15, 0.2) is 6.33 Å². The van der Waals surface area contributed by atoms with E-state index in [-0.39, 0.29) is 6.03 Å². The third-order valence-corrected chi connectivity index (χ3v) is 5.61. The van der Waals surface area contributed by atoms with Crippen molar-refractivity contribution in [3.05, 3.63) is 12.2 Å². The second-order valence-electron chi connectivity index (χ2n) is 3.85. The van der Waals surface area contributed by atoms with Gasteiger partial charge in [0.05, 0.1) is 0 Å². The molecule has 1 N–H and O–H groups in total. The van der Waals surface area contributed by atoms with Gasteiger partial charge in [-0.15, -0.1) is 0 Å². The zero-order valence-electron chi connectivity index (χ0n) is 11.7. The molecule has 19 heavy (non-hydrogen) atoms. The Morgan fingerprint density at radius 1 is 1.37 bits per heavy atom. The smallest absolute Gasteiger partial charge is 0.377 e. The minimum Gasteiger partial charge on any atom is -0.377 e. The van der Waals surface area contributed by atoms with E-state index in [1.165, 1.54) is 11.0 Å². The van der Waals surface area contributed by atoms with Crippen molar-refractivity contribution in [3.8, 4) is 0 Å². The molecule has 0 bridgehead atoms. The molecule has 0 saturated carbocycles. The summed E-state index contributed by atoms with van der Waals surface area (Å²) in [4.78, 5) is 15.6. The molecule has 0 spiro atoms. The lowest BCUT2D eigenvalue weighted by atomic mass is 10.5. The standard InChI is InChI=1S/C10H20N4O4Si/c1-9-12-8-13-14(9)10(15)11-6-5-7-19(16-2,17-3)18-4/h8H,5-7H2,1-4H3,(H,11,15). The number of aromatic nitrogens is 3. The van der Waals surface area contributed by atoms with Gasteiger partial charge in [-0.2, -0.15) is 9.78 Å². The van der Waals surface area contributed by atoms with Gasteiger partial charge in [-0.25, -0.2) is 9.78 Å². The summed E-state index contributed by atoms with van der Waals surface area (Å²) in [5.41, 5.74) is 0. The first-order valence-corrected chi connectivity index (χ1v) is 7.82. The molecule has 1 aromatic rings. The van der Waals surface area contributed by atoms with Crippen LogP contribution >= 0.6 is 0 Å². The number of aryl methyl sites for hydroxylation is 1. The van der Waals surface area contributed by atoms with E-state index >= 15 is 0 Å². The number of carbonyl (C=O) groups is 1. The predicted octanol–water partition coefficient (Wildman–Crippen LogP) is 0.412. The number of hydrogen-bond donors (Lipinski definition) is 1. The van der Waals surface area contributed by atoms with Crippen LogP contribution < -0.4 is 5.32 Å². The maximum absolute atomic E-state index is 11.7. The average Bonchev–Trinajstić information content (AvgIpc) is 2.86. The first-order chi connectivity index (χ1) is 9.08. The van der Waals surface area contributed by atoms with Crippen LogP contribution in [0.5, 0.6) is 0 Å². The summed E-state index contributed by atoms with van der Waals surface area (Å²) in [6.45, 7) is 2.20. The molecule has 0 saturated heterocycles. The monoisotopic (exact) mass is 288 g/mol. The molecule has 0 atom stereocenters. The Bertz CT molecular complexity index is 400. The van der Waals surface area contributed by atoms with E-state index in [2.05, 4.69) is 15.4 Å². The normalized spacial score (nSPS) is 11.6. The van der Waals surface area contributed by atoms with Crippen molar-refractivity contribution < 1.29 is 18.1 Å². The van der Waals surface area contributed by atoms with Gasteiger partial charge in [-0.05, 0) is 13.3 Å². The lowest BCUT2D eigenvalue weighted by Gasteiger charge is -2.24. The number of hydrogen-bond acceptors (Lipinski definition) is 6. The highest BCUT2D eigenvalue weighted by Gasteiger charge is 2.36. The average molecular weight is 288 g/mol. The predicted molar refractivity (Wildman–Crippen MR) is 69.8 cm³/mol. The molecule has 1 aromatic heterocycles. The minimum atomic E-state index is -2.55. The van der Waals surface area contributed by atoms with Crippen LogP contribution in [0.2, 0.25) is 6.04 Å². The van der Waals surface area contributed by atoms with Crippen LogP contribution in [0.1, 0.15) is 12.2 Å². The lowest BCUT2D eigenvalue weighted by Crippen LogP contribution is -2.43. The lowest BCUT2D eigenvalue weighted by molar-refractivity contribution is 0.123. The molecule has 0 radical (unpaired) electrons. The molecule has 1 rings (SSSR count). The van der Waals surface area contributed by atoms with Gasteiger partial charge in [0.1, 0.15) is 12.2 Å². The van der Waals surface area contributed by atoms with Crippen molar-refractivity contribution in [2.75, 3.05) is 27.9 Å². The fourth-order valence-electron chi connectivity index (χ4n) is 1.63. The highest BCUT2D eigenvalue weighted by atomic mass is 28.4. The summed E-state index contributed by atoms with van der Waals surface area (Å²) < 4.78 is 17.1. The van der Waals surface area contributed by atoms with Crippen LogP contribution in [0.25, 0.3) is 0 Å². The first kappa shape index (κ1) is 15.8. The second kappa shape index (κ2) is 7.33. The van der Waals surface area contributed by atoms with E-state index in [9.17, 15) is 4.79 Å². The van der Waals surface area contributed by atoms with Crippen molar-refractivity contribution in [3.63, 3.8) is 0 Å². The van der Waals surface area contributed by atoms with Crippen LogP contribution in [-0.4, -0.2) is 57.5 Å². The zero-order valence-corrected chi connectivity index (χ0v) is 12.7. The quantitative estimate of drug-likeness (QED) is 0.577. The molecule has 0 fully saturated rings. The van der Waals surface area contributed by atoms with Gasteiger partial charge >= 0.3 is 14.8 Å². The Kier molecular flexibility index (Phi) is 6.08. The Labute approximate surface area is 113 Å². The highest BCUT2D eigenvalue weighted by molar-refractivity contribution is 6.60. The summed E-state index contributed by atoms with van der Waals surface area (Å²) in [6.07, 6.45) is 2.04. The van der Waals surface area contributed by atoms with E-state index in [4.69, 9.17) is 13.3 Å². The minimum absolute atomic E-state index is 0.297. The summed E-state index contributed by atoms with van der Waals surface area (Å²) in [5.74, 6) is 0.548. The van der Waals surface area contributed by atoms with Gasteiger partial charge in [-0.1, -0.05) is 0 Å². The molecule has 0 aliphatic rings. The van der Waals surface area contributed by atoms with E-state index in [0.29, 0.717) is 24.8 Å². The molecule has 108 valence electrons. The van der Waals surface area contributed by atoms with Crippen LogP contribution in [-0.2, 0) is 13.3 Å². The fourth-order valence-corrected chi connectivity index (χ4v) is 3.35. The SMILES string of the molecule is CO[Si](CCCNC(=O)n1ncnc1C)(OC)OC. The molecule has 1 heterocycles. The summed E-state index contributed by atoms with van der Waals surface area (Å²) in [7, 11) is 2.15. The molecule has 0 aliphatic heterocycles. The Hall–Kier alpha value is -1.29. The van der Waals surface area contributed by atoms with Gasteiger partial charge in [0.2, 0.25) is 0 Å². The van der Waals surface area contributed by atoms with Gasteiger partial charge in [0.25, 0.3) is 0 Å². The van der Waals surface area contributed by atoms with E-state index in [1.807, 2.05) is 0 Å². The number of amides is 1. The van der Waals surface area contributed by atoms with Crippen LogP contribution in [0.4, 0.5) is 4.79 Å². The molecule has 1 amide bonds. The second-order valence-corrected chi connectivity index (χ2v) is 6.94. The Balaban J connectivity index is 2.35. The molecule has 0 aliphatic carbocycles. The maximum atomic E-state index is 11.7. The number of nitrogens with zero attached hydrogens (tertiary/aromatic N) is 3. The summed E-state index contributed by atoms with van der Waals surface area (Å²) in [6, 6.07) is 0.335. The van der Waals surface area contributed by atoms with E-state index < -0.39 is 8.80 Å². The van der Waals surface area contributed by atoms with Crippen molar-refractivity contribution in [2.45, 2.75) is 19.4 Å². The number of carbonyl (C=O) groups excluding carboxylic acids is 1. The molecule has 0 aromatic carbocycles. The van der Waals surface area contributed by atoms with Gasteiger partial charge < -0.3 is 18.6 Å². The highest BCUT2D eigenvalue weighted by Crippen LogP contribution is 2.14. The van der Waals surface area contributed by atoms with Crippen molar-refractivity contribution in [1.82, 2.24) is 20.1 Å². The topological polar surface area (TPSA) is 87.5 Å². The van der Waals surface area contributed by atoms with Crippen molar-refractivity contribution in [1.29, 1.82) is 0 Å². The third-order valence-electron chi connectivity index (χ3n) is 2.78. The van der Waals surface area contributed by atoms with Crippen LogP contribution in [0, 0.1) is 6.92 Å². The van der Waals surface area contributed by atoms with E-state index in [0.717, 1.165) is 0 Å². The molecular formula is C10H20N4O4Si. The largest absolute Gasteiger partial charge is 0.500 e. The zero-order chi connectivity index (χ0) is 14.3. The first-order valence-electron chi connectivity index (χ1n) is 5.89. The van der Waals surface area contributed by atoms with Gasteiger partial charge in [-0.3, -0.25) is 0 Å². The molecular weight excluding hydrogens is 268 g/mol. The van der Waals surface area contributed by atoms with Crippen molar-refractivity contribution in [2.24, 2.45) is 0 Å². The fraction of sp³-hybridized carbons (Fsp3) is 0.700. The summed E-state index contributed by atoms with van der Waals surface area (Å²) in [5, 5.41) is 6.57. The number of nitrogens with one attached hydrogen (secondary N) is 1.